The van der Waals surface area contributed by atoms with E-state index in [4.69, 9.17) is 4.74 Å². The van der Waals surface area contributed by atoms with Crippen LogP contribution in [-0.4, -0.2) is 35.5 Å². The van der Waals surface area contributed by atoms with Gasteiger partial charge in [-0.05, 0) is 50.6 Å². The van der Waals surface area contributed by atoms with Crippen LogP contribution in [0.1, 0.15) is 23.9 Å². The number of thioether (sulfide) groups is 1. The van der Waals surface area contributed by atoms with Crippen molar-refractivity contribution in [2.75, 3.05) is 12.4 Å². The summed E-state index contributed by atoms with van der Waals surface area (Å²) in [4.78, 5) is 0.300. The van der Waals surface area contributed by atoms with Crippen LogP contribution in [0.3, 0.4) is 0 Å². The highest BCUT2D eigenvalue weighted by Gasteiger charge is 2.21. The molecule has 0 bridgehead atoms. The largest absolute Gasteiger partial charge is 0.493 e. The van der Waals surface area contributed by atoms with Crippen LogP contribution in [0.5, 0.6) is 5.75 Å². The van der Waals surface area contributed by atoms with Crippen molar-refractivity contribution in [1.82, 2.24) is 14.8 Å². The second-order valence-corrected chi connectivity index (χ2v) is 9.78. The minimum absolute atomic E-state index is 0.169. The summed E-state index contributed by atoms with van der Waals surface area (Å²) in [5, 5.41) is 9.03. The van der Waals surface area contributed by atoms with Gasteiger partial charge in [-0.15, -0.1) is 10.2 Å². The Morgan fingerprint density at radius 2 is 1.79 bits per heavy atom. The first-order chi connectivity index (χ1) is 13.9. The third kappa shape index (κ3) is 5.61. The highest BCUT2D eigenvalue weighted by molar-refractivity contribution is 7.99. The molecule has 0 fully saturated rings. The van der Waals surface area contributed by atoms with Crippen LogP contribution in [-0.2, 0) is 22.1 Å². The van der Waals surface area contributed by atoms with Crippen molar-refractivity contribution in [2.45, 2.75) is 43.1 Å². The van der Waals surface area contributed by atoms with E-state index in [1.165, 1.54) is 11.8 Å². The highest BCUT2D eigenvalue weighted by Crippen LogP contribution is 2.21. The lowest BCUT2D eigenvalue weighted by atomic mass is 10.2. The molecule has 0 aliphatic rings. The zero-order valence-corrected chi connectivity index (χ0v) is 18.5. The van der Waals surface area contributed by atoms with E-state index in [1.807, 2.05) is 49.6 Å². The Bertz CT molecular complexity index is 1060. The second kappa shape index (κ2) is 9.45. The number of hydrogen-bond donors (Lipinski definition) is 0. The Kier molecular flexibility index (Phi) is 6.97. The maximum atomic E-state index is 12.7. The minimum atomic E-state index is -3.47. The van der Waals surface area contributed by atoms with E-state index in [2.05, 4.69) is 10.2 Å². The molecule has 3 aromatic rings. The molecule has 2 aromatic carbocycles. The van der Waals surface area contributed by atoms with Crippen molar-refractivity contribution < 1.29 is 13.2 Å². The first kappa shape index (κ1) is 21.4. The fourth-order valence-corrected chi connectivity index (χ4v) is 4.96. The van der Waals surface area contributed by atoms with E-state index in [0.717, 1.165) is 16.9 Å². The number of benzene rings is 2. The number of aromatic nitrogens is 3. The number of hydrogen-bond acceptors (Lipinski definition) is 6. The molecule has 0 saturated heterocycles. The van der Waals surface area contributed by atoms with Gasteiger partial charge in [0.1, 0.15) is 17.3 Å². The van der Waals surface area contributed by atoms with Gasteiger partial charge in [0, 0.05) is 12.3 Å². The molecule has 0 aliphatic carbocycles. The molecule has 0 atom stereocenters. The summed E-state index contributed by atoms with van der Waals surface area (Å²) >= 11 is 1.51. The molecule has 0 unspecified atom stereocenters. The molecule has 1 heterocycles. The lowest BCUT2D eigenvalue weighted by Gasteiger charge is -2.09. The number of nitrogens with zero attached hydrogens (tertiary/aromatic N) is 3. The number of rotatable bonds is 9. The molecule has 8 heteroatoms. The fourth-order valence-electron chi connectivity index (χ4n) is 2.85. The monoisotopic (exact) mass is 431 g/mol. The Labute approximate surface area is 176 Å². The molecule has 0 aliphatic heterocycles. The summed E-state index contributed by atoms with van der Waals surface area (Å²) in [6, 6.07) is 14.8. The van der Waals surface area contributed by atoms with Gasteiger partial charge in [-0.1, -0.05) is 41.6 Å². The third-order valence-corrected chi connectivity index (χ3v) is 6.94. The maximum absolute atomic E-state index is 12.7. The van der Waals surface area contributed by atoms with Gasteiger partial charge in [0.15, 0.2) is 15.0 Å². The second-order valence-electron chi connectivity index (χ2n) is 6.73. The number of aryl methyl sites for hydroxylation is 2. The molecule has 1 aromatic heterocycles. The predicted octanol–water partition coefficient (Wildman–Crippen LogP) is 4.06. The van der Waals surface area contributed by atoms with Gasteiger partial charge in [-0.2, -0.15) is 0 Å². The molecule has 6 nitrogen and oxygen atoms in total. The Hall–Kier alpha value is -2.32. The molecule has 3 rings (SSSR count). The lowest BCUT2D eigenvalue weighted by molar-refractivity contribution is 0.343. The van der Waals surface area contributed by atoms with Gasteiger partial charge in [0.05, 0.1) is 11.5 Å². The molecule has 0 spiro atoms. The van der Waals surface area contributed by atoms with Gasteiger partial charge < -0.3 is 9.30 Å². The molecule has 0 N–H and O–H groups in total. The first-order valence-corrected chi connectivity index (χ1v) is 12.1. The number of sulfone groups is 1. The van der Waals surface area contributed by atoms with E-state index in [9.17, 15) is 8.42 Å². The zero-order valence-electron chi connectivity index (χ0n) is 16.8. The van der Waals surface area contributed by atoms with Gasteiger partial charge in [0.2, 0.25) is 0 Å². The van der Waals surface area contributed by atoms with Gasteiger partial charge >= 0.3 is 0 Å². The first-order valence-electron chi connectivity index (χ1n) is 9.43. The maximum Gasteiger partial charge on any atom is 0.191 e. The van der Waals surface area contributed by atoms with Crippen LogP contribution < -0.4 is 4.74 Å². The lowest BCUT2D eigenvalue weighted by Crippen LogP contribution is -2.11. The van der Waals surface area contributed by atoms with Crippen LogP contribution >= 0.6 is 11.8 Å². The summed E-state index contributed by atoms with van der Waals surface area (Å²) in [6.07, 6.45) is 0. The van der Waals surface area contributed by atoms with E-state index in [-0.39, 0.29) is 5.75 Å². The SMILES string of the molecule is CCn1c(CS(=O)(=O)c2ccc(C)cc2)nnc1SCCOc1cccc(C)c1. The van der Waals surface area contributed by atoms with Crippen LogP contribution in [0, 0.1) is 13.8 Å². The van der Waals surface area contributed by atoms with E-state index >= 15 is 0 Å². The van der Waals surface area contributed by atoms with Crippen molar-refractivity contribution in [3.8, 4) is 5.75 Å². The van der Waals surface area contributed by atoms with E-state index < -0.39 is 9.84 Å². The van der Waals surface area contributed by atoms with Crippen molar-refractivity contribution in [3.05, 3.63) is 65.5 Å². The predicted molar refractivity (Wildman–Crippen MR) is 115 cm³/mol. The molecular formula is C21H25N3O3S2. The van der Waals surface area contributed by atoms with Gasteiger partial charge in [-0.25, -0.2) is 8.42 Å². The summed E-state index contributed by atoms with van der Waals surface area (Å²) in [6.45, 7) is 7.04. The minimum Gasteiger partial charge on any atom is -0.493 e. The Morgan fingerprint density at radius 1 is 1.03 bits per heavy atom. The van der Waals surface area contributed by atoms with Crippen LogP contribution in [0.15, 0.2) is 58.6 Å². The highest BCUT2D eigenvalue weighted by atomic mass is 32.2. The van der Waals surface area contributed by atoms with Crippen molar-refractivity contribution in [2.24, 2.45) is 0 Å². The van der Waals surface area contributed by atoms with Gasteiger partial charge in [0.25, 0.3) is 0 Å². The molecule has 0 amide bonds. The molecule has 0 saturated carbocycles. The van der Waals surface area contributed by atoms with E-state index in [1.54, 1.807) is 24.3 Å². The summed E-state index contributed by atoms with van der Waals surface area (Å²) in [7, 11) is -3.47. The standard InChI is InChI=1S/C21H25N3O3S2/c1-4-24-20(15-29(25,26)19-10-8-16(2)9-11-19)22-23-21(24)28-13-12-27-18-7-5-6-17(3)14-18/h5-11,14H,4,12-13,15H2,1-3H3. The normalized spacial score (nSPS) is 11.6. The van der Waals surface area contributed by atoms with Crippen LogP contribution in [0.2, 0.25) is 0 Å². The van der Waals surface area contributed by atoms with Gasteiger partial charge in [-0.3, -0.25) is 0 Å². The number of ether oxygens (including phenoxy) is 1. The quantitative estimate of drug-likeness (QED) is 0.376. The zero-order chi connectivity index (χ0) is 20.9. The van der Waals surface area contributed by atoms with Crippen molar-refractivity contribution in [3.63, 3.8) is 0 Å². The van der Waals surface area contributed by atoms with Crippen molar-refractivity contribution in [1.29, 1.82) is 0 Å². The van der Waals surface area contributed by atoms with E-state index in [0.29, 0.717) is 34.8 Å². The van der Waals surface area contributed by atoms with Crippen LogP contribution in [0.25, 0.3) is 0 Å². The third-order valence-electron chi connectivity index (χ3n) is 4.38. The molecule has 154 valence electrons. The summed E-state index contributed by atoms with van der Waals surface area (Å²) < 4.78 is 33.1. The average molecular weight is 432 g/mol. The Balaban J connectivity index is 1.63. The molecular weight excluding hydrogens is 406 g/mol. The summed E-state index contributed by atoms with van der Waals surface area (Å²) in [5.74, 6) is 1.82. The fraction of sp³-hybridized carbons (Fsp3) is 0.333. The van der Waals surface area contributed by atoms with Crippen LogP contribution in [0.4, 0.5) is 0 Å². The molecule has 29 heavy (non-hydrogen) atoms. The topological polar surface area (TPSA) is 74.1 Å². The average Bonchev–Trinajstić information content (AvgIpc) is 3.06. The summed E-state index contributed by atoms with van der Waals surface area (Å²) in [5.41, 5.74) is 2.17. The Morgan fingerprint density at radius 3 is 2.48 bits per heavy atom. The molecule has 0 radical (unpaired) electrons. The van der Waals surface area contributed by atoms with Crippen molar-refractivity contribution >= 4 is 21.6 Å². The smallest absolute Gasteiger partial charge is 0.191 e.